The molecule has 6 nitrogen and oxygen atoms in total. The van der Waals surface area contributed by atoms with Crippen LogP contribution in [0.1, 0.15) is 50.7 Å². The van der Waals surface area contributed by atoms with Gasteiger partial charge < -0.3 is 15.5 Å². The number of piperidine rings is 1. The summed E-state index contributed by atoms with van der Waals surface area (Å²) in [6.45, 7) is 9.12. The highest BCUT2D eigenvalue weighted by molar-refractivity contribution is 7.09. The molecule has 1 fully saturated rings. The second-order valence-corrected chi connectivity index (χ2v) is 8.53. The number of amides is 1. The number of likely N-dealkylation sites (tertiary alicyclic amines) is 1. The number of rotatable bonds is 4. The Kier molecular flexibility index (Phi) is 6.81. The van der Waals surface area contributed by atoms with Gasteiger partial charge in [-0.1, -0.05) is 20.8 Å². The minimum atomic E-state index is 0.0864. The minimum absolute atomic E-state index is 0.0864. The van der Waals surface area contributed by atoms with Crippen molar-refractivity contribution in [3.63, 3.8) is 0 Å². The van der Waals surface area contributed by atoms with Crippen molar-refractivity contribution < 1.29 is 4.79 Å². The van der Waals surface area contributed by atoms with Crippen molar-refractivity contribution in [2.45, 2.75) is 52.0 Å². The molecular formula is C18H31N5OS. The zero-order chi connectivity index (χ0) is 18.4. The fraction of sp³-hybridized carbons (Fsp3) is 0.722. The van der Waals surface area contributed by atoms with Crippen LogP contribution in [-0.2, 0) is 16.8 Å². The fourth-order valence-corrected chi connectivity index (χ4v) is 3.90. The molecule has 0 unspecified atom stereocenters. The molecule has 25 heavy (non-hydrogen) atoms. The number of nitrogens with zero attached hydrogens (tertiary/aromatic N) is 3. The van der Waals surface area contributed by atoms with Gasteiger partial charge in [-0.2, -0.15) is 0 Å². The lowest BCUT2D eigenvalue weighted by atomic mass is 9.93. The summed E-state index contributed by atoms with van der Waals surface area (Å²) < 4.78 is 0. The van der Waals surface area contributed by atoms with Crippen molar-refractivity contribution in [2.75, 3.05) is 27.2 Å². The van der Waals surface area contributed by atoms with Crippen LogP contribution in [0.4, 0.5) is 0 Å². The Balaban J connectivity index is 1.83. The van der Waals surface area contributed by atoms with Crippen molar-refractivity contribution in [1.29, 1.82) is 0 Å². The lowest BCUT2D eigenvalue weighted by Gasteiger charge is -2.33. The van der Waals surface area contributed by atoms with Crippen LogP contribution in [-0.4, -0.2) is 48.9 Å². The summed E-state index contributed by atoms with van der Waals surface area (Å²) in [4.78, 5) is 22.9. The normalized spacial score (nSPS) is 16.8. The molecule has 1 amide bonds. The fourth-order valence-electron chi connectivity index (χ4n) is 2.94. The lowest BCUT2D eigenvalue weighted by Crippen LogP contribution is -2.45. The number of thiazole rings is 1. The summed E-state index contributed by atoms with van der Waals surface area (Å²) in [6, 6.07) is 0. The van der Waals surface area contributed by atoms with Crippen molar-refractivity contribution in [3.8, 4) is 0 Å². The van der Waals surface area contributed by atoms with Gasteiger partial charge in [-0.05, 0) is 18.8 Å². The molecule has 7 heteroatoms. The molecule has 140 valence electrons. The van der Waals surface area contributed by atoms with E-state index in [9.17, 15) is 4.79 Å². The lowest BCUT2D eigenvalue weighted by molar-refractivity contribution is -0.121. The topological polar surface area (TPSA) is 69.6 Å². The second kappa shape index (κ2) is 8.65. The Bertz CT molecular complexity index is 597. The first-order chi connectivity index (χ1) is 11.8. The van der Waals surface area contributed by atoms with Gasteiger partial charge in [0.05, 0.1) is 12.2 Å². The first-order valence-corrected chi connectivity index (χ1v) is 9.82. The van der Waals surface area contributed by atoms with E-state index >= 15 is 0 Å². The third-order valence-corrected chi connectivity index (χ3v) is 5.45. The van der Waals surface area contributed by atoms with Crippen molar-refractivity contribution >= 4 is 23.2 Å². The quantitative estimate of drug-likeness (QED) is 0.635. The van der Waals surface area contributed by atoms with Gasteiger partial charge in [-0.3, -0.25) is 9.79 Å². The SMILES string of the molecule is CN=C(NCc1nc(C(C)(C)C)cs1)N1CCC(CC(=O)NC)CC1. The van der Waals surface area contributed by atoms with Gasteiger partial charge in [-0.25, -0.2) is 4.98 Å². The number of hydrogen-bond donors (Lipinski definition) is 2. The number of nitrogens with one attached hydrogen (secondary N) is 2. The molecule has 0 aromatic carbocycles. The van der Waals surface area contributed by atoms with E-state index in [1.807, 2.05) is 7.05 Å². The summed E-state index contributed by atoms with van der Waals surface area (Å²) in [5.74, 6) is 1.54. The van der Waals surface area contributed by atoms with Crippen LogP contribution >= 0.6 is 11.3 Å². The molecule has 2 heterocycles. The van der Waals surface area contributed by atoms with Gasteiger partial charge in [0.15, 0.2) is 5.96 Å². The van der Waals surface area contributed by atoms with Crippen molar-refractivity contribution in [2.24, 2.45) is 10.9 Å². The molecule has 0 bridgehead atoms. The average Bonchev–Trinajstić information content (AvgIpc) is 3.06. The summed E-state index contributed by atoms with van der Waals surface area (Å²) in [5.41, 5.74) is 1.22. The number of aliphatic imine (C=N–C) groups is 1. The van der Waals surface area contributed by atoms with Crippen LogP contribution < -0.4 is 10.6 Å². The predicted octanol–water partition coefficient (Wildman–Crippen LogP) is 2.36. The van der Waals surface area contributed by atoms with Gasteiger partial charge in [0.1, 0.15) is 5.01 Å². The van der Waals surface area contributed by atoms with Crippen LogP contribution in [0.15, 0.2) is 10.4 Å². The third-order valence-electron chi connectivity index (χ3n) is 4.60. The van der Waals surface area contributed by atoms with Crippen LogP contribution in [0.3, 0.4) is 0 Å². The van der Waals surface area contributed by atoms with E-state index in [1.54, 1.807) is 18.4 Å². The van der Waals surface area contributed by atoms with Crippen molar-refractivity contribution in [1.82, 2.24) is 20.5 Å². The molecule has 0 radical (unpaired) electrons. The van der Waals surface area contributed by atoms with Crippen LogP contribution in [0, 0.1) is 5.92 Å². The van der Waals surface area contributed by atoms with E-state index in [0.717, 1.165) is 42.6 Å². The van der Waals surface area contributed by atoms with Gasteiger partial charge in [0, 0.05) is 44.4 Å². The molecule has 2 N–H and O–H groups in total. The highest BCUT2D eigenvalue weighted by Gasteiger charge is 2.23. The number of carbonyl (C=O) groups is 1. The number of hydrogen-bond acceptors (Lipinski definition) is 4. The number of carbonyl (C=O) groups excluding carboxylic acids is 1. The van der Waals surface area contributed by atoms with Crippen molar-refractivity contribution in [3.05, 3.63) is 16.1 Å². The maximum absolute atomic E-state index is 11.5. The Labute approximate surface area is 155 Å². The highest BCUT2D eigenvalue weighted by Crippen LogP contribution is 2.24. The van der Waals surface area contributed by atoms with Gasteiger partial charge in [0.2, 0.25) is 5.91 Å². The van der Waals surface area contributed by atoms with E-state index in [0.29, 0.717) is 18.9 Å². The summed E-state index contributed by atoms with van der Waals surface area (Å²) in [6.07, 6.45) is 2.68. The number of guanidine groups is 1. The molecule has 2 rings (SSSR count). The monoisotopic (exact) mass is 365 g/mol. The Hall–Kier alpha value is -1.63. The first kappa shape index (κ1) is 19.7. The van der Waals surface area contributed by atoms with Gasteiger partial charge in [-0.15, -0.1) is 11.3 Å². The molecule has 0 saturated carbocycles. The highest BCUT2D eigenvalue weighted by atomic mass is 32.1. The first-order valence-electron chi connectivity index (χ1n) is 8.94. The molecule has 1 aliphatic rings. The maximum Gasteiger partial charge on any atom is 0.220 e. The van der Waals surface area contributed by atoms with E-state index in [-0.39, 0.29) is 11.3 Å². The average molecular weight is 366 g/mol. The molecule has 1 saturated heterocycles. The van der Waals surface area contributed by atoms with Crippen LogP contribution in [0.5, 0.6) is 0 Å². The zero-order valence-corrected chi connectivity index (χ0v) is 16.9. The Morgan fingerprint density at radius 1 is 1.40 bits per heavy atom. The van der Waals surface area contributed by atoms with Gasteiger partial charge in [0.25, 0.3) is 0 Å². The van der Waals surface area contributed by atoms with Gasteiger partial charge >= 0.3 is 0 Å². The molecule has 1 aromatic rings. The zero-order valence-electron chi connectivity index (χ0n) is 16.1. The molecule has 0 spiro atoms. The largest absolute Gasteiger partial charge is 0.359 e. The summed E-state index contributed by atoms with van der Waals surface area (Å²) in [7, 11) is 3.52. The minimum Gasteiger partial charge on any atom is -0.359 e. The van der Waals surface area contributed by atoms with E-state index in [4.69, 9.17) is 4.98 Å². The predicted molar refractivity (Wildman–Crippen MR) is 104 cm³/mol. The van der Waals surface area contributed by atoms with E-state index in [1.165, 1.54) is 0 Å². The van der Waals surface area contributed by atoms with E-state index < -0.39 is 0 Å². The molecule has 0 atom stereocenters. The molecule has 0 aliphatic carbocycles. The summed E-state index contributed by atoms with van der Waals surface area (Å²) >= 11 is 1.69. The smallest absolute Gasteiger partial charge is 0.220 e. The molecular weight excluding hydrogens is 334 g/mol. The van der Waals surface area contributed by atoms with Crippen LogP contribution in [0.2, 0.25) is 0 Å². The Morgan fingerprint density at radius 3 is 2.60 bits per heavy atom. The second-order valence-electron chi connectivity index (χ2n) is 7.58. The maximum atomic E-state index is 11.5. The Morgan fingerprint density at radius 2 is 2.08 bits per heavy atom. The number of aromatic nitrogens is 1. The summed E-state index contributed by atoms with van der Waals surface area (Å²) in [5, 5.41) is 9.37. The third kappa shape index (κ3) is 5.70. The van der Waals surface area contributed by atoms with Crippen LogP contribution in [0.25, 0.3) is 0 Å². The standard InChI is InChI=1S/C18H31N5OS/c1-18(2,3)14-12-25-16(22-14)11-21-17(20-5)23-8-6-13(7-9-23)10-15(24)19-4/h12-13H,6-11H2,1-5H3,(H,19,24)(H,20,21). The van der Waals surface area contributed by atoms with E-state index in [2.05, 4.69) is 46.7 Å². The molecule has 1 aliphatic heterocycles. The molecule has 1 aromatic heterocycles.